The Bertz CT molecular complexity index is 430. The van der Waals surface area contributed by atoms with E-state index in [1.54, 1.807) is 0 Å². The third kappa shape index (κ3) is 2.00. The first-order valence-corrected chi connectivity index (χ1v) is 5.78. The maximum Gasteiger partial charge on any atom is 0.207 e. The lowest BCUT2D eigenvalue weighted by molar-refractivity contribution is 1.09. The molecule has 0 fully saturated rings. The van der Waals surface area contributed by atoms with Crippen molar-refractivity contribution in [2.24, 2.45) is 0 Å². The Kier molecular flexibility index (Phi) is 2.80. The van der Waals surface area contributed by atoms with E-state index in [4.69, 9.17) is 11.6 Å². The molecule has 0 bridgehead atoms. The largest absolute Gasteiger partial charge is 0.207 e. The lowest BCUT2D eigenvalue weighted by atomic mass is 10.2. The molecule has 66 valence electrons. The molecule has 0 aliphatic rings. The van der Waals surface area contributed by atoms with Crippen LogP contribution in [0, 0.1) is 3.57 Å². The van der Waals surface area contributed by atoms with Crippen molar-refractivity contribution >= 4 is 45.5 Å². The second-order valence-corrected chi connectivity index (χ2v) is 5.06. The minimum atomic E-state index is 0.481. The van der Waals surface area contributed by atoms with Gasteiger partial charge in [0.25, 0.3) is 0 Å². The molecular weight excluding hydrogens is 319 g/mol. The average molecular weight is 323 g/mol. The summed E-state index contributed by atoms with van der Waals surface area (Å²) in [5, 5.41) is 8.61. The van der Waals surface area contributed by atoms with Crippen molar-refractivity contribution in [3.8, 4) is 10.6 Å². The van der Waals surface area contributed by atoms with E-state index in [0.29, 0.717) is 4.47 Å². The first-order valence-electron chi connectivity index (χ1n) is 3.51. The maximum atomic E-state index is 5.71. The molecule has 0 spiro atoms. The van der Waals surface area contributed by atoms with E-state index in [2.05, 4.69) is 32.8 Å². The van der Waals surface area contributed by atoms with Crippen LogP contribution in [-0.4, -0.2) is 10.2 Å². The molecule has 13 heavy (non-hydrogen) atoms. The minimum absolute atomic E-state index is 0.481. The smallest absolute Gasteiger partial charge is 0.137 e. The van der Waals surface area contributed by atoms with Gasteiger partial charge in [0.2, 0.25) is 4.47 Å². The van der Waals surface area contributed by atoms with Crippen LogP contribution in [0.5, 0.6) is 0 Å². The maximum absolute atomic E-state index is 5.71. The van der Waals surface area contributed by atoms with Crippen LogP contribution in [0.1, 0.15) is 0 Å². The quantitative estimate of drug-likeness (QED) is 0.751. The molecule has 1 heterocycles. The number of rotatable bonds is 1. The summed E-state index contributed by atoms with van der Waals surface area (Å²) in [6.45, 7) is 0. The van der Waals surface area contributed by atoms with Gasteiger partial charge in [0.05, 0.1) is 0 Å². The van der Waals surface area contributed by atoms with E-state index in [1.165, 1.54) is 11.3 Å². The van der Waals surface area contributed by atoms with Crippen LogP contribution >= 0.6 is 45.5 Å². The van der Waals surface area contributed by atoms with Gasteiger partial charge in [-0.2, -0.15) is 0 Å². The van der Waals surface area contributed by atoms with E-state index in [1.807, 2.05) is 24.3 Å². The average Bonchev–Trinajstić information content (AvgIpc) is 2.53. The second-order valence-electron chi connectivity index (χ2n) is 2.34. The van der Waals surface area contributed by atoms with Crippen molar-refractivity contribution in [2.75, 3.05) is 0 Å². The van der Waals surface area contributed by atoms with Crippen LogP contribution in [-0.2, 0) is 0 Å². The standard InChI is InChI=1S/C8H4ClIN2S/c9-8-12-11-7(13-8)5-3-1-2-4-6(5)10/h1-4H. The Morgan fingerprint density at radius 2 is 2.00 bits per heavy atom. The highest BCUT2D eigenvalue weighted by Crippen LogP contribution is 2.29. The van der Waals surface area contributed by atoms with E-state index < -0.39 is 0 Å². The molecule has 0 amide bonds. The molecule has 0 aliphatic heterocycles. The van der Waals surface area contributed by atoms with E-state index in [-0.39, 0.29) is 0 Å². The molecule has 1 aromatic heterocycles. The minimum Gasteiger partial charge on any atom is -0.137 e. The van der Waals surface area contributed by atoms with Crippen molar-refractivity contribution in [3.63, 3.8) is 0 Å². The number of hydrogen-bond donors (Lipinski definition) is 0. The number of halogens is 2. The number of hydrogen-bond acceptors (Lipinski definition) is 3. The highest BCUT2D eigenvalue weighted by Gasteiger charge is 2.07. The normalized spacial score (nSPS) is 10.3. The molecule has 0 atom stereocenters. The Balaban J connectivity index is 2.52. The topological polar surface area (TPSA) is 25.8 Å². The fourth-order valence-corrected chi connectivity index (χ4v) is 2.64. The zero-order valence-electron chi connectivity index (χ0n) is 6.37. The predicted octanol–water partition coefficient (Wildman–Crippen LogP) is 3.46. The van der Waals surface area contributed by atoms with Gasteiger partial charge in [0.15, 0.2) is 0 Å². The third-order valence-corrected chi connectivity index (χ3v) is 3.50. The summed E-state index contributed by atoms with van der Waals surface area (Å²) in [5.74, 6) is 0. The summed E-state index contributed by atoms with van der Waals surface area (Å²) in [5.41, 5.74) is 1.09. The predicted molar refractivity (Wildman–Crippen MR) is 63.1 cm³/mol. The van der Waals surface area contributed by atoms with Crippen molar-refractivity contribution < 1.29 is 0 Å². The molecule has 5 heteroatoms. The molecule has 0 saturated carbocycles. The SMILES string of the molecule is Clc1nnc(-c2ccccc2I)s1. The first-order chi connectivity index (χ1) is 6.27. The highest BCUT2D eigenvalue weighted by molar-refractivity contribution is 14.1. The van der Waals surface area contributed by atoms with Gasteiger partial charge in [-0.05, 0) is 40.3 Å². The lowest BCUT2D eigenvalue weighted by Crippen LogP contribution is -1.80. The first kappa shape index (κ1) is 9.36. The lowest BCUT2D eigenvalue weighted by Gasteiger charge is -1.96. The molecule has 0 unspecified atom stereocenters. The van der Waals surface area contributed by atoms with Crippen molar-refractivity contribution in [3.05, 3.63) is 32.3 Å². The van der Waals surface area contributed by atoms with Gasteiger partial charge in [0.1, 0.15) is 5.01 Å². The number of aromatic nitrogens is 2. The van der Waals surface area contributed by atoms with Crippen LogP contribution in [0.2, 0.25) is 4.47 Å². The Morgan fingerprint density at radius 1 is 1.23 bits per heavy atom. The summed E-state index contributed by atoms with van der Waals surface area (Å²) in [6.07, 6.45) is 0. The van der Waals surface area contributed by atoms with Gasteiger partial charge >= 0.3 is 0 Å². The van der Waals surface area contributed by atoms with E-state index >= 15 is 0 Å². The summed E-state index contributed by atoms with van der Waals surface area (Å²) >= 11 is 9.37. The highest BCUT2D eigenvalue weighted by atomic mass is 127. The van der Waals surface area contributed by atoms with E-state index in [0.717, 1.165) is 14.1 Å². The third-order valence-electron chi connectivity index (χ3n) is 1.50. The Morgan fingerprint density at radius 3 is 2.62 bits per heavy atom. The molecule has 2 rings (SSSR count). The van der Waals surface area contributed by atoms with Gasteiger partial charge in [-0.3, -0.25) is 0 Å². The molecule has 0 aliphatic carbocycles. The van der Waals surface area contributed by atoms with Crippen LogP contribution < -0.4 is 0 Å². The fourth-order valence-electron chi connectivity index (χ4n) is 0.949. The van der Waals surface area contributed by atoms with Crippen LogP contribution in [0.4, 0.5) is 0 Å². The zero-order valence-corrected chi connectivity index (χ0v) is 10.1. The molecule has 0 saturated heterocycles. The Hall–Kier alpha value is -0.200. The second kappa shape index (κ2) is 3.89. The van der Waals surface area contributed by atoms with Gasteiger partial charge in [-0.25, -0.2) is 0 Å². The molecule has 1 aromatic carbocycles. The van der Waals surface area contributed by atoms with Crippen LogP contribution in [0.3, 0.4) is 0 Å². The monoisotopic (exact) mass is 322 g/mol. The Labute approximate surface area is 98.1 Å². The molecule has 0 radical (unpaired) electrons. The van der Waals surface area contributed by atoms with Gasteiger partial charge in [-0.1, -0.05) is 29.5 Å². The summed E-state index contributed by atoms with van der Waals surface area (Å²) in [6, 6.07) is 8.02. The van der Waals surface area contributed by atoms with Crippen molar-refractivity contribution in [1.82, 2.24) is 10.2 Å². The van der Waals surface area contributed by atoms with Gasteiger partial charge in [-0.15, -0.1) is 10.2 Å². The van der Waals surface area contributed by atoms with Gasteiger partial charge < -0.3 is 0 Å². The number of nitrogens with zero attached hydrogens (tertiary/aromatic N) is 2. The summed E-state index contributed by atoms with van der Waals surface area (Å²) in [4.78, 5) is 0. The zero-order chi connectivity index (χ0) is 9.26. The van der Waals surface area contributed by atoms with Gasteiger partial charge in [0, 0.05) is 9.13 Å². The molecule has 2 aromatic rings. The fraction of sp³-hybridized carbons (Fsp3) is 0. The van der Waals surface area contributed by atoms with Crippen molar-refractivity contribution in [2.45, 2.75) is 0 Å². The van der Waals surface area contributed by atoms with Crippen LogP contribution in [0.15, 0.2) is 24.3 Å². The molecular formula is C8H4ClIN2S. The summed E-state index contributed by atoms with van der Waals surface area (Å²) in [7, 11) is 0. The molecule has 0 N–H and O–H groups in total. The van der Waals surface area contributed by atoms with E-state index in [9.17, 15) is 0 Å². The number of benzene rings is 1. The van der Waals surface area contributed by atoms with Crippen molar-refractivity contribution in [1.29, 1.82) is 0 Å². The van der Waals surface area contributed by atoms with Crippen LogP contribution in [0.25, 0.3) is 10.6 Å². The molecule has 2 nitrogen and oxygen atoms in total. The summed E-state index contributed by atoms with van der Waals surface area (Å²) < 4.78 is 1.64.